The molecule has 3 aromatic rings. The molecule has 1 atom stereocenters. The number of rotatable bonds is 7. The van der Waals surface area contributed by atoms with Gasteiger partial charge in [-0.05, 0) is 44.9 Å². The van der Waals surface area contributed by atoms with Gasteiger partial charge in [0.1, 0.15) is 23.8 Å². The van der Waals surface area contributed by atoms with Gasteiger partial charge in [0, 0.05) is 63.0 Å². The summed E-state index contributed by atoms with van der Waals surface area (Å²) in [4.78, 5) is 27.3. The fourth-order valence-corrected chi connectivity index (χ4v) is 5.37. The van der Waals surface area contributed by atoms with Gasteiger partial charge in [-0.25, -0.2) is 23.4 Å². The number of anilines is 4. The van der Waals surface area contributed by atoms with Crippen molar-refractivity contribution >= 4 is 38.8 Å². The number of nitrogens with zero attached hydrogens (tertiary/aromatic N) is 4. The average molecular weight is 583 g/mol. The van der Waals surface area contributed by atoms with E-state index in [9.17, 15) is 13.2 Å². The number of hydrogen-bond acceptors (Lipinski definition) is 11. The summed E-state index contributed by atoms with van der Waals surface area (Å²) in [6.45, 7) is 6.99. The molecule has 0 saturated carbocycles. The highest BCUT2D eigenvalue weighted by atomic mass is 32.2. The summed E-state index contributed by atoms with van der Waals surface area (Å²) in [7, 11) is -1.94. The monoisotopic (exact) mass is 582 g/mol. The average Bonchev–Trinajstić information content (AvgIpc) is 2.91. The second-order valence-corrected chi connectivity index (χ2v) is 12.8. The molecule has 218 valence electrons. The number of piperidine rings is 1. The highest BCUT2D eigenvalue weighted by Gasteiger charge is 2.29. The van der Waals surface area contributed by atoms with Crippen LogP contribution in [0.2, 0.25) is 0 Å². The molecule has 0 bridgehead atoms. The normalized spacial score (nSPS) is 18.1. The maximum atomic E-state index is 12.6. The SMILES string of the molecule is COC1CCCN(c2cc(Nc3cc(NC(C)=O)ncc3-c3ccc4c(n3)OCC(C)(C)O4)nc(S(C)(=O)=O)c2)C1. The van der Waals surface area contributed by atoms with Gasteiger partial charge in [-0.1, -0.05) is 0 Å². The molecule has 5 heterocycles. The van der Waals surface area contributed by atoms with E-state index in [4.69, 9.17) is 14.2 Å². The summed E-state index contributed by atoms with van der Waals surface area (Å²) < 4.78 is 42.6. The Balaban J connectivity index is 1.56. The van der Waals surface area contributed by atoms with Crippen molar-refractivity contribution in [2.75, 3.05) is 48.6 Å². The maximum absolute atomic E-state index is 12.6. The van der Waals surface area contributed by atoms with Crippen molar-refractivity contribution in [3.8, 4) is 22.9 Å². The van der Waals surface area contributed by atoms with Crippen molar-refractivity contribution in [3.63, 3.8) is 0 Å². The summed E-state index contributed by atoms with van der Waals surface area (Å²) in [5, 5.41) is 5.88. The Morgan fingerprint density at radius 2 is 1.98 bits per heavy atom. The molecule has 2 aliphatic rings. The topological polar surface area (TPSA) is 145 Å². The van der Waals surface area contributed by atoms with Crippen LogP contribution in [-0.4, -0.2) is 74.0 Å². The highest BCUT2D eigenvalue weighted by Crippen LogP contribution is 2.38. The molecule has 1 fully saturated rings. The van der Waals surface area contributed by atoms with E-state index >= 15 is 0 Å². The molecule has 1 amide bonds. The minimum absolute atomic E-state index is 0.0499. The van der Waals surface area contributed by atoms with Gasteiger partial charge in [0.2, 0.25) is 5.91 Å². The molecular weight excluding hydrogens is 548 g/mol. The van der Waals surface area contributed by atoms with Crippen molar-refractivity contribution in [2.45, 2.75) is 50.3 Å². The summed E-state index contributed by atoms with van der Waals surface area (Å²) >= 11 is 0. The first-order valence-corrected chi connectivity index (χ1v) is 15.2. The fourth-order valence-electron chi connectivity index (χ4n) is 4.77. The molecule has 12 nitrogen and oxygen atoms in total. The molecule has 0 radical (unpaired) electrons. The van der Waals surface area contributed by atoms with Crippen LogP contribution in [0.25, 0.3) is 11.3 Å². The van der Waals surface area contributed by atoms with Crippen molar-refractivity contribution in [3.05, 3.63) is 36.5 Å². The van der Waals surface area contributed by atoms with Gasteiger partial charge in [-0.3, -0.25) is 4.79 Å². The zero-order valence-corrected chi connectivity index (χ0v) is 24.5. The minimum atomic E-state index is -3.63. The molecule has 1 unspecified atom stereocenters. The first-order valence-electron chi connectivity index (χ1n) is 13.3. The standard InChI is InChI=1S/C28H34N6O6S/c1-17(35)30-24-13-22(20(14-29-24)21-8-9-23-27(32-21)39-16-28(2,3)40-23)31-25-11-18(12-26(33-25)41(5,36)37)34-10-6-7-19(15-34)38-4/h8-9,11-14,19H,6-7,10,15-16H2,1-5H3,(H2,29,30,31,33,35). The molecule has 1 saturated heterocycles. The lowest BCUT2D eigenvalue weighted by atomic mass is 10.1. The third kappa shape index (κ3) is 6.68. The number of hydrogen-bond donors (Lipinski definition) is 2. The number of aromatic nitrogens is 3. The molecule has 0 aromatic carbocycles. The van der Waals surface area contributed by atoms with E-state index < -0.39 is 15.4 Å². The van der Waals surface area contributed by atoms with Gasteiger partial charge in [0.05, 0.1) is 17.5 Å². The van der Waals surface area contributed by atoms with E-state index in [2.05, 4.69) is 30.5 Å². The van der Waals surface area contributed by atoms with Gasteiger partial charge in [-0.15, -0.1) is 0 Å². The van der Waals surface area contributed by atoms with Gasteiger partial charge in [0.15, 0.2) is 20.6 Å². The summed E-state index contributed by atoms with van der Waals surface area (Å²) in [5.41, 5.74) is 1.86. The zero-order valence-electron chi connectivity index (χ0n) is 23.7. The number of carbonyl (C=O) groups is 1. The van der Waals surface area contributed by atoms with E-state index in [-0.39, 0.29) is 17.0 Å². The van der Waals surface area contributed by atoms with E-state index in [0.717, 1.165) is 25.6 Å². The molecule has 0 spiro atoms. The first-order chi connectivity index (χ1) is 19.4. The summed E-state index contributed by atoms with van der Waals surface area (Å²) in [5.74, 6) is 1.22. The van der Waals surface area contributed by atoms with Crippen molar-refractivity contribution < 1.29 is 27.4 Å². The predicted molar refractivity (Wildman–Crippen MR) is 155 cm³/mol. The van der Waals surface area contributed by atoms with Crippen LogP contribution in [0.4, 0.5) is 23.0 Å². The van der Waals surface area contributed by atoms with Gasteiger partial charge in [0.25, 0.3) is 5.88 Å². The summed E-state index contributed by atoms with van der Waals surface area (Å²) in [6.07, 6.45) is 4.61. The van der Waals surface area contributed by atoms with Gasteiger partial charge in [-0.2, -0.15) is 0 Å². The van der Waals surface area contributed by atoms with E-state index in [1.165, 1.54) is 6.92 Å². The predicted octanol–water partition coefficient (Wildman–Crippen LogP) is 3.81. The van der Waals surface area contributed by atoms with Crippen LogP contribution < -0.4 is 25.0 Å². The Morgan fingerprint density at radius 1 is 1.17 bits per heavy atom. The molecule has 2 aliphatic heterocycles. The van der Waals surface area contributed by atoms with Gasteiger partial charge < -0.3 is 29.7 Å². The Hall–Kier alpha value is -3.97. The summed E-state index contributed by atoms with van der Waals surface area (Å²) in [6, 6.07) is 8.60. The molecular formula is C28H34N6O6S. The second-order valence-electron chi connectivity index (χ2n) is 10.8. The lowest BCUT2D eigenvalue weighted by Gasteiger charge is -2.34. The number of ether oxygens (including phenoxy) is 3. The highest BCUT2D eigenvalue weighted by molar-refractivity contribution is 7.90. The molecule has 2 N–H and O–H groups in total. The van der Waals surface area contributed by atoms with E-state index in [1.807, 2.05) is 13.8 Å². The van der Waals surface area contributed by atoms with Crippen LogP contribution in [0, 0.1) is 0 Å². The van der Waals surface area contributed by atoms with Crippen LogP contribution >= 0.6 is 0 Å². The third-order valence-corrected chi connectivity index (χ3v) is 7.73. The molecule has 13 heteroatoms. The Bertz CT molecular complexity index is 1580. The first kappa shape index (κ1) is 28.6. The van der Waals surface area contributed by atoms with Crippen LogP contribution in [0.3, 0.4) is 0 Å². The minimum Gasteiger partial charge on any atom is -0.479 e. The fraction of sp³-hybridized carbons (Fsp3) is 0.429. The van der Waals surface area contributed by atoms with Crippen LogP contribution in [0.15, 0.2) is 41.6 Å². The maximum Gasteiger partial charge on any atom is 0.257 e. The number of amides is 1. The smallest absolute Gasteiger partial charge is 0.257 e. The Morgan fingerprint density at radius 3 is 2.71 bits per heavy atom. The van der Waals surface area contributed by atoms with Crippen LogP contribution in [0.1, 0.15) is 33.6 Å². The number of nitrogens with one attached hydrogen (secondary N) is 2. The number of fused-ring (bicyclic) bond motifs is 1. The lowest BCUT2D eigenvalue weighted by molar-refractivity contribution is -0.114. The second kappa shape index (κ2) is 11.1. The molecule has 5 rings (SSSR count). The van der Waals surface area contributed by atoms with Gasteiger partial charge >= 0.3 is 0 Å². The zero-order chi connectivity index (χ0) is 29.4. The van der Waals surface area contributed by atoms with E-state index in [0.29, 0.717) is 59.0 Å². The lowest BCUT2D eigenvalue weighted by Crippen LogP contribution is -2.39. The number of pyridine rings is 3. The largest absolute Gasteiger partial charge is 0.479 e. The van der Waals surface area contributed by atoms with Crippen molar-refractivity contribution in [1.82, 2.24) is 15.0 Å². The van der Waals surface area contributed by atoms with Crippen LogP contribution in [0.5, 0.6) is 11.6 Å². The molecule has 0 aliphatic carbocycles. The number of methoxy groups -OCH3 is 1. The molecule has 41 heavy (non-hydrogen) atoms. The number of sulfone groups is 1. The van der Waals surface area contributed by atoms with E-state index in [1.54, 1.807) is 43.6 Å². The van der Waals surface area contributed by atoms with Crippen molar-refractivity contribution in [2.24, 2.45) is 0 Å². The van der Waals surface area contributed by atoms with Crippen molar-refractivity contribution in [1.29, 1.82) is 0 Å². The number of carbonyl (C=O) groups excluding carboxylic acids is 1. The molecule has 3 aromatic heterocycles. The quantitative estimate of drug-likeness (QED) is 0.419. The Labute approximate surface area is 239 Å². The third-order valence-electron chi connectivity index (χ3n) is 6.76. The Kier molecular flexibility index (Phi) is 7.75. The van der Waals surface area contributed by atoms with Crippen LogP contribution in [-0.2, 0) is 19.4 Å².